The van der Waals surface area contributed by atoms with Crippen molar-refractivity contribution in [1.29, 1.82) is 0 Å². The zero-order valence-corrected chi connectivity index (χ0v) is 15.0. The molecule has 1 saturated heterocycles. The normalized spacial score (nSPS) is 15.2. The molecule has 2 aromatic heterocycles. The summed E-state index contributed by atoms with van der Waals surface area (Å²) in [5.41, 5.74) is 2.85. The second kappa shape index (κ2) is 7.09. The van der Waals surface area contributed by atoms with E-state index in [0.717, 1.165) is 24.1 Å². The van der Waals surface area contributed by atoms with E-state index < -0.39 is 5.60 Å². The van der Waals surface area contributed by atoms with E-state index >= 15 is 0 Å². The Morgan fingerprint density at radius 2 is 2.00 bits per heavy atom. The fraction of sp³-hybridized carbons (Fsp3) is 0.421. The number of rotatable bonds is 2. The Morgan fingerprint density at radius 3 is 2.64 bits per heavy atom. The van der Waals surface area contributed by atoms with E-state index in [1.807, 2.05) is 39.2 Å². The minimum atomic E-state index is -0.453. The molecule has 3 rings (SSSR count). The fourth-order valence-corrected chi connectivity index (χ4v) is 2.75. The van der Waals surface area contributed by atoms with Crippen molar-refractivity contribution in [3.8, 4) is 5.69 Å². The number of likely N-dealkylation sites (tertiary alicyclic amines) is 1. The standard InChI is InChI=1S/C19H24N4O2/c1-19(2,3)25-18(24)22-9-5-15(6-10-22)11-16-12-17(14-20-13-16)23-8-4-7-21-23/h4,7-8,11-14H,5-6,9-10H2,1-3H3. The van der Waals surface area contributed by atoms with Crippen molar-refractivity contribution in [2.24, 2.45) is 0 Å². The van der Waals surface area contributed by atoms with Gasteiger partial charge in [0.15, 0.2) is 0 Å². The molecule has 2 aromatic rings. The number of nitrogens with zero attached hydrogens (tertiary/aromatic N) is 4. The molecule has 0 unspecified atom stereocenters. The average Bonchev–Trinajstić information content (AvgIpc) is 3.09. The van der Waals surface area contributed by atoms with E-state index in [4.69, 9.17) is 4.74 Å². The third kappa shape index (κ3) is 4.68. The monoisotopic (exact) mass is 340 g/mol. The highest BCUT2D eigenvalue weighted by molar-refractivity contribution is 5.68. The van der Waals surface area contributed by atoms with Crippen molar-refractivity contribution in [1.82, 2.24) is 19.7 Å². The second-order valence-electron chi connectivity index (χ2n) is 7.20. The van der Waals surface area contributed by atoms with E-state index in [2.05, 4.69) is 22.2 Å². The maximum absolute atomic E-state index is 12.1. The van der Waals surface area contributed by atoms with Gasteiger partial charge in [-0.2, -0.15) is 5.10 Å². The number of pyridine rings is 1. The zero-order valence-electron chi connectivity index (χ0n) is 15.0. The number of ether oxygens (including phenoxy) is 1. The van der Waals surface area contributed by atoms with Crippen LogP contribution in [-0.4, -0.2) is 44.4 Å². The van der Waals surface area contributed by atoms with E-state index in [1.54, 1.807) is 22.0 Å². The highest BCUT2D eigenvalue weighted by Crippen LogP contribution is 2.21. The van der Waals surface area contributed by atoms with E-state index in [-0.39, 0.29) is 6.09 Å². The van der Waals surface area contributed by atoms with Gasteiger partial charge in [0.2, 0.25) is 0 Å². The molecule has 0 N–H and O–H groups in total. The van der Waals surface area contributed by atoms with Crippen LogP contribution in [-0.2, 0) is 4.74 Å². The average molecular weight is 340 g/mol. The van der Waals surface area contributed by atoms with Gasteiger partial charge in [0.1, 0.15) is 5.60 Å². The van der Waals surface area contributed by atoms with Crippen LogP contribution in [0.5, 0.6) is 0 Å². The number of carbonyl (C=O) groups excluding carboxylic acids is 1. The quantitative estimate of drug-likeness (QED) is 0.837. The summed E-state index contributed by atoms with van der Waals surface area (Å²) in [5.74, 6) is 0. The van der Waals surface area contributed by atoms with Gasteiger partial charge >= 0.3 is 6.09 Å². The number of aromatic nitrogens is 3. The zero-order chi connectivity index (χ0) is 17.9. The lowest BCUT2D eigenvalue weighted by Crippen LogP contribution is -2.40. The minimum absolute atomic E-state index is 0.228. The van der Waals surface area contributed by atoms with Gasteiger partial charge in [0, 0.05) is 31.7 Å². The molecule has 6 nitrogen and oxygen atoms in total. The Bertz CT molecular complexity index is 750. The molecule has 6 heteroatoms. The molecule has 0 saturated carbocycles. The van der Waals surface area contributed by atoms with Crippen molar-refractivity contribution in [2.45, 2.75) is 39.2 Å². The first-order chi connectivity index (χ1) is 11.9. The molecular weight excluding hydrogens is 316 g/mol. The molecule has 0 aromatic carbocycles. The first kappa shape index (κ1) is 17.2. The van der Waals surface area contributed by atoms with Crippen LogP contribution in [0.4, 0.5) is 4.79 Å². The first-order valence-corrected chi connectivity index (χ1v) is 8.53. The molecule has 3 heterocycles. The predicted molar refractivity (Wildman–Crippen MR) is 96.4 cm³/mol. The molecule has 1 aliphatic heterocycles. The predicted octanol–water partition coefficient (Wildman–Crippen LogP) is 3.68. The molecule has 25 heavy (non-hydrogen) atoms. The van der Waals surface area contributed by atoms with Gasteiger partial charge in [-0.05, 0) is 51.3 Å². The minimum Gasteiger partial charge on any atom is -0.444 e. The topological polar surface area (TPSA) is 60.2 Å². The van der Waals surface area contributed by atoms with Crippen LogP contribution in [0.2, 0.25) is 0 Å². The smallest absolute Gasteiger partial charge is 0.410 e. The molecule has 1 amide bonds. The number of carbonyl (C=O) groups is 1. The van der Waals surface area contributed by atoms with Crippen molar-refractivity contribution in [3.63, 3.8) is 0 Å². The summed E-state index contributed by atoms with van der Waals surface area (Å²) in [6.45, 7) is 7.04. The van der Waals surface area contributed by atoms with Crippen molar-refractivity contribution in [2.75, 3.05) is 13.1 Å². The van der Waals surface area contributed by atoms with Crippen LogP contribution in [0.25, 0.3) is 11.8 Å². The van der Waals surface area contributed by atoms with E-state index in [1.165, 1.54) is 5.57 Å². The fourth-order valence-electron chi connectivity index (χ4n) is 2.75. The van der Waals surface area contributed by atoms with Crippen LogP contribution >= 0.6 is 0 Å². The highest BCUT2D eigenvalue weighted by Gasteiger charge is 2.24. The Morgan fingerprint density at radius 1 is 1.24 bits per heavy atom. The Kier molecular flexibility index (Phi) is 4.88. The van der Waals surface area contributed by atoms with Gasteiger partial charge < -0.3 is 9.64 Å². The summed E-state index contributed by atoms with van der Waals surface area (Å²) in [7, 11) is 0. The number of hydrogen-bond donors (Lipinski definition) is 0. The van der Waals surface area contributed by atoms with Gasteiger partial charge in [0.05, 0.1) is 11.9 Å². The largest absolute Gasteiger partial charge is 0.444 e. The summed E-state index contributed by atoms with van der Waals surface area (Å²) < 4.78 is 7.23. The Hall–Kier alpha value is -2.63. The maximum Gasteiger partial charge on any atom is 0.410 e. The lowest BCUT2D eigenvalue weighted by molar-refractivity contribution is 0.0237. The van der Waals surface area contributed by atoms with Crippen LogP contribution in [0.1, 0.15) is 39.2 Å². The molecule has 0 aliphatic carbocycles. The molecular formula is C19H24N4O2. The number of amides is 1. The van der Waals surface area contributed by atoms with Crippen molar-refractivity contribution >= 4 is 12.2 Å². The summed E-state index contributed by atoms with van der Waals surface area (Å²) >= 11 is 0. The molecule has 132 valence electrons. The van der Waals surface area contributed by atoms with Gasteiger partial charge in [-0.15, -0.1) is 0 Å². The van der Waals surface area contributed by atoms with Gasteiger partial charge in [-0.3, -0.25) is 4.98 Å². The summed E-state index contributed by atoms with van der Waals surface area (Å²) in [4.78, 5) is 18.2. The third-order valence-corrected chi connectivity index (χ3v) is 3.94. The third-order valence-electron chi connectivity index (χ3n) is 3.94. The van der Waals surface area contributed by atoms with E-state index in [0.29, 0.717) is 13.1 Å². The molecule has 0 bridgehead atoms. The molecule has 0 radical (unpaired) electrons. The molecule has 1 fully saturated rings. The highest BCUT2D eigenvalue weighted by atomic mass is 16.6. The van der Waals surface area contributed by atoms with Crippen molar-refractivity contribution < 1.29 is 9.53 Å². The van der Waals surface area contributed by atoms with Crippen LogP contribution in [0, 0.1) is 0 Å². The lowest BCUT2D eigenvalue weighted by atomic mass is 10.0. The summed E-state index contributed by atoms with van der Waals surface area (Å²) in [6.07, 6.45) is 10.9. The summed E-state index contributed by atoms with van der Waals surface area (Å²) in [6, 6.07) is 3.95. The number of piperidine rings is 1. The number of hydrogen-bond acceptors (Lipinski definition) is 4. The van der Waals surface area contributed by atoms with Gasteiger partial charge in [-0.25, -0.2) is 9.48 Å². The Labute approximate surface area is 148 Å². The molecule has 1 aliphatic rings. The summed E-state index contributed by atoms with van der Waals surface area (Å²) in [5, 5.41) is 4.23. The molecule has 0 spiro atoms. The SMILES string of the molecule is CC(C)(C)OC(=O)N1CCC(=Cc2cncc(-n3cccn3)c2)CC1. The van der Waals surface area contributed by atoms with Crippen LogP contribution < -0.4 is 0 Å². The van der Waals surface area contributed by atoms with Gasteiger partial charge in [-0.1, -0.05) is 11.6 Å². The van der Waals surface area contributed by atoms with Crippen molar-refractivity contribution in [3.05, 3.63) is 48.1 Å². The first-order valence-electron chi connectivity index (χ1n) is 8.53. The van der Waals surface area contributed by atoms with Crippen LogP contribution in [0.15, 0.2) is 42.5 Å². The second-order valence-corrected chi connectivity index (χ2v) is 7.20. The molecule has 0 atom stereocenters. The maximum atomic E-state index is 12.1. The van der Waals surface area contributed by atoms with Crippen LogP contribution in [0.3, 0.4) is 0 Å². The Balaban J connectivity index is 1.63. The van der Waals surface area contributed by atoms with E-state index in [9.17, 15) is 4.79 Å². The lowest BCUT2D eigenvalue weighted by Gasteiger charge is -2.31. The van der Waals surface area contributed by atoms with Gasteiger partial charge in [0.25, 0.3) is 0 Å².